The highest BCUT2D eigenvalue weighted by Crippen LogP contribution is 2.30. The van der Waals surface area contributed by atoms with Crippen LogP contribution in [0.2, 0.25) is 0 Å². The van der Waals surface area contributed by atoms with Crippen molar-refractivity contribution in [3.8, 4) is 0 Å². The van der Waals surface area contributed by atoms with Gasteiger partial charge < -0.3 is 15.2 Å². The highest BCUT2D eigenvalue weighted by molar-refractivity contribution is 5.73. The van der Waals surface area contributed by atoms with Crippen LogP contribution in [0.1, 0.15) is 62.9 Å². The molecule has 25 heavy (non-hydrogen) atoms. The topological polar surface area (TPSA) is 64.3 Å². The van der Waals surface area contributed by atoms with E-state index in [-0.39, 0.29) is 6.03 Å². The van der Waals surface area contributed by atoms with Gasteiger partial charge in [0.2, 0.25) is 0 Å². The van der Waals surface area contributed by atoms with Crippen molar-refractivity contribution in [2.24, 2.45) is 0 Å². The maximum atomic E-state index is 12.3. The number of imidazole rings is 1. The Morgan fingerprint density at radius 1 is 1.32 bits per heavy atom. The molecule has 1 unspecified atom stereocenters. The van der Waals surface area contributed by atoms with Crippen molar-refractivity contribution in [1.29, 1.82) is 0 Å². The van der Waals surface area contributed by atoms with Crippen LogP contribution >= 0.6 is 0 Å². The minimum absolute atomic E-state index is 0.0164. The van der Waals surface area contributed by atoms with E-state index < -0.39 is 0 Å². The minimum atomic E-state index is -0.0164. The number of carbonyl (C=O) groups is 1. The number of rotatable bonds is 6. The average molecular weight is 348 g/mol. The highest BCUT2D eigenvalue weighted by Gasteiger charge is 2.30. The Kier molecular flexibility index (Phi) is 6.34. The highest BCUT2D eigenvalue weighted by atomic mass is 16.2. The molecule has 1 aliphatic carbocycles. The molecule has 2 amide bonds. The fraction of sp³-hybridized carbons (Fsp3) is 0.789. The number of amides is 2. The van der Waals surface area contributed by atoms with Crippen LogP contribution in [-0.2, 0) is 6.54 Å². The molecule has 1 aromatic rings. The van der Waals surface area contributed by atoms with Crippen molar-refractivity contribution in [2.75, 3.05) is 20.1 Å². The molecule has 2 aliphatic rings. The van der Waals surface area contributed by atoms with Crippen LogP contribution in [0.25, 0.3) is 0 Å². The first-order valence-electron chi connectivity index (χ1n) is 9.88. The largest absolute Gasteiger partial charge is 0.345 e. The number of urea groups is 1. The second kappa shape index (κ2) is 8.70. The molecular weight excluding hydrogens is 314 g/mol. The maximum absolute atomic E-state index is 12.3. The van der Waals surface area contributed by atoms with Crippen molar-refractivity contribution in [3.05, 3.63) is 17.7 Å². The second-order valence-electron chi connectivity index (χ2n) is 7.72. The van der Waals surface area contributed by atoms with Gasteiger partial charge in [-0.15, -0.1) is 0 Å². The van der Waals surface area contributed by atoms with Gasteiger partial charge in [-0.25, -0.2) is 9.78 Å². The van der Waals surface area contributed by atoms with Crippen LogP contribution in [-0.4, -0.2) is 58.0 Å². The molecule has 6 heteroatoms. The number of aromatic amines is 1. The van der Waals surface area contributed by atoms with E-state index in [1.54, 1.807) is 11.1 Å². The lowest BCUT2D eigenvalue weighted by Gasteiger charge is -2.40. The number of hydrogen-bond donors (Lipinski definition) is 2. The van der Waals surface area contributed by atoms with Gasteiger partial charge in [-0.1, -0.05) is 19.3 Å². The monoisotopic (exact) mass is 347 g/mol. The van der Waals surface area contributed by atoms with Crippen molar-refractivity contribution < 1.29 is 4.79 Å². The first-order chi connectivity index (χ1) is 12.1. The number of H-pyrrole nitrogens is 1. The molecule has 0 aromatic carbocycles. The summed E-state index contributed by atoms with van der Waals surface area (Å²) in [7, 11) is 1.82. The lowest BCUT2D eigenvalue weighted by atomic mass is 9.96. The number of aromatic nitrogens is 2. The lowest BCUT2D eigenvalue weighted by molar-refractivity contribution is 0.0912. The Balaban J connectivity index is 1.42. The molecule has 2 N–H and O–H groups in total. The second-order valence-corrected chi connectivity index (χ2v) is 7.72. The van der Waals surface area contributed by atoms with E-state index in [1.165, 1.54) is 51.5 Å². The number of likely N-dealkylation sites (tertiary alicyclic amines) is 1. The summed E-state index contributed by atoms with van der Waals surface area (Å²) in [6.45, 7) is 4.49. The number of piperidine rings is 1. The van der Waals surface area contributed by atoms with Crippen molar-refractivity contribution >= 4 is 6.03 Å². The Morgan fingerprint density at radius 2 is 2.08 bits per heavy atom. The van der Waals surface area contributed by atoms with Crippen LogP contribution in [0.5, 0.6) is 0 Å². The molecule has 2 fully saturated rings. The van der Waals surface area contributed by atoms with Gasteiger partial charge in [0.25, 0.3) is 0 Å². The number of nitrogens with one attached hydrogen (secondary N) is 2. The van der Waals surface area contributed by atoms with Crippen molar-refractivity contribution in [1.82, 2.24) is 25.1 Å². The van der Waals surface area contributed by atoms with E-state index in [4.69, 9.17) is 0 Å². The van der Waals surface area contributed by atoms with Crippen LogP contribution < -0.4 is 5.32 Å². The number of hydrogen-bond acceptors (Lipinski definition) is 3. The third-order valence-electron chi connectivity index (χ3n) is 5.71. The first kappa shape index (κ1) is 18.2. The number of nitrogens with zero attached hydrogens (tertiary/aromatic N) is 3. The summed E-state index contributed by atoms with van der Waals surface area (Å²) in [4.78, 5) is 24.2. The average Bonchev–Trinajstić information content (AvgIpc) is 3.27. The fourth-order valence-corrected chi connectivity index (χ4v) is 4.37. The Labute approximate surface area is 151 Å². The van der Waals surface area contributed by atoms with Crippen LogP contribution in [0.15, 0.2) is 6.20 Å². The van der Waals surface area contributed by atoms with Gasteiger partial charge in [-0.2, -0.15) is 0 Å². The van der Waals surface area contributed by atoms with Gasteiger partial charge in [0.05, 0.1) is 6.54 Å². The number of carbonyl (C=O) groups excluding carboxylic acids is 1. The predicted molar refractivity (Wildman–Crippen MR) is 99.4 cm³/mol. The van der Waals surface area contributed by atoms with Crippen LogP contribution in [0.4, 0.5) is 4.79 Å². The molecule has 6 nitrogen and oxygen atoms in total. The molecule has 140 valence electrons. The summed E-state index contributed by atoms with van der Waals surface area (Å²) in [6.07, 6.45) is 12.3. The lowest BCUT2D eigenvalue weighted by Crippen LogP contribution is -2.47. The fourth-order valence-electron chi connectivity index (χ4n) is 4.37. The first-order valence-corrected chi connectivity index (χ1v) is 9.88. The molecule has 1 saturated heterocycles. The quantitative estimate of drug-likeness (QED) is 0.831. The van der Waals surface area contributed by atoms with Crippen LogP contribution in [0, 0.1) is 6.92 Å². The minimum Gasteiger partial charge on any atom is -0.345 e. The zero-order valence-electron chi connectivity index (χ0n) is 15.8. The smallest absolute Gasteiger partial charge is 0.317 e. The molecule has 1 atom stereocenters. The molecular formula is C19H33N5O. The number of aryl methyl sites for hydroxylation is 1. The Hall–Kier alpha value is -1.56. The normalized spacial score (nSPS) is 22.2. The van der Waals surface area contributed by atoms with Crippen molar-refractivity contribution in [3.63, 3.8) is 0 Å². The van der Waals surface area contributed by atoms with E-state index in [9.17, 15) is 4.79 Å². The standard InChI is InChI=1S/C19H33N5O/c1-15-13-21-18(22-15)14-23(2)19(25)20-11-10-17-9-5-6-12-24(17)16-7-3-4-8-16/h13,16-17H,3-12,14H2,1-2H3,(H,20,25)(H,21,22). The molecule has 0 radical (unpaired) electrons. The van der Waals surface area contributed by atoms with E-state index in [0.717, 1.165) is 30.5 Å². The molecule has 1 saturated carbocycles. The van der Waals surface area contributed by atoms with Gasteiger partial charge in [-0.05, 0) is 45.6 Å². The summed E-state index contributed by atoms with van der Waals surface area (Å²) in [6, 6.07) is 1.43. The molecule has 2 heterocycles. The summed E-state index contributed by atoms with van der Waals surface area (Å²) in [5, 5.41) is 3.09. The summed E-state index contributed by atoms with van der Waals surface area (Å²) < 4.78 is 0. The van der Waals surface area contributed by atoms with Crippen molar-refractivity contribution in [2.45, 2.75) is 76.9 Å². The van der Waals surface area contributed by atoms with E-state index in [1.807, 2.05) is 14.0 Å². The van der Waals surface area contributed by atoms with Gasteiger partial charge in [0.15, 0.2) is 0 Å². The van der Waals surface area contributed by atoms with E-state index >= 15 is 0 Å². The van der Waals surface area contributed by atoms with Gasteiger partial charge in [0, 0.05) is 37.6 Å². The van der Waals surface area contributed by atoms with Gasteiger partial charge in [0.1, 0.15) is 5.82 Å². The predicted octanol–water partition coefficient (Wildman–Crippen LogP) is 3.05. The Bertz CT molecular complexity index is 552. The summed E-state index contributed by atoms with van der Waals surface area (Å²) >= 11 is 0. The summed E-state index contributed by atoms with van der Waals surface area (Å²) in [5.74, 6) is 0.829. The zero-order chi connectivity index (χ0) is 17.6. The van der Waals surface area contributed by atoms with Crippen LogP contribution in [0.3, 0.4) is 0 Å². The zero-order valence-corrected chi connectivity index (χ0v) is 15.8. The van der Waals surface area contributed by atoms with E-state index in [0.29, 0.717) is 12.6 Å². The molecule has 0 bridgehead atoms. The summed E-state index contributed by atoms with van der Waals surface area (Å²) in [5.41, 5.74) is 1.02. The molecule has 1 aromatic heterocycles. The van der Waals surface area contributed by atoms with Gasteiger partial charge >= 0.3 is 6.03 Å². The SMILES string of the molecule is Cc1cnc(CN(C)C(=O)NCCC2CCCCN2C2CCCC2)[nH]1. The Morgan fingerprint density at radius 3 is 2.80 bits per heavy atom. The molecule has 1 aliphatic heterocycles. The molecule has 0 spiro atoms. The van der Waals surface area contributed by atoms with Gasteiger partial charge in [-0.3, -0.25) is 4.90 Å². The molecule has 3 rings (SSSR count). The van der Waals surface area contributed by atoms with E-state index in [2.05, 4.69) is 20.2 Å². The third-order valence-corrected chi connectivity index (χ3v) is 5.71. The third kappa shape index (κ3) is 4.97. The maximum Gasteiger partial charge on any atom is 0.317 e.